The zero-order chi connectivity index (χ0) is 15.2. The van der Waals surface area contributed by atoms with Crippen molar-refractivity contribution in [1.82, 2.24) is 5.32 Å². The van der Waals surface area contributed by atoms with E-state index in [0.29, 0.717) is 10.6 Å². The molecule has 0 aliphatic heterocycles. The van der Waals surface area contributed by atoms with E-state index < -0.39 is 0 Å². The number of carbonyl (C=O) groups is 2. The second-order valence-electron chi connectivity index (χ2n) is 4.03. The van der Waals surface area contributed by atoms with Crippen LogP contribution < -0.4 is 10.6 Å². The van der Waals surface area contributed by atoms with Gasteiger partial charge in [0, 0.05) is 11.9 Å². The standard InChI is InChI=1S/C14H13FN2O2S2/c1-16-13(19)11-6-7-20-14(11)17-12(18)8-21-10-4-2-9(15)3-5-10/h2-7H,8H2,1H3,(H,16,19)(H,17,18). The molecule has 0 spiro atoms. The fourth-order valence-corrected chi connectivity index (χ4v) is 3.06. The molecule has 0 bridgehead atoms. The first-order valence-corrected chi connectivity index (χ1v) is 7.94. The normalized spacial score (nSPS) is 10.2. The Labute approximate surface area is 129 Å². The highest BCUT2D eigenvalue weighted by Gasteiger charge is 2.13. The van der Waals surface area contributed by atoms with Crippen LogP contribution in [0.4, 0.5) is 9.39 Å². The van der Waals surface area contributed by atoms with Crippen molar-refractivity contribution < 1.29 is 14.0 Å². The van der Waals surface area contributed by atoms with E-state index in [1.54, 1.807) is 23.6 Å². The van der Waals surface area contributed by atoms with Crippen molar-refractivity contribution in [2.24, 2.45) is 0 Å². The van der Waals surface area contributed by atoms with Crippen molar-refractivity contribution in [2.75, 3.05) is 18.1 Å². The lowest BCUT2D eigenvalue weighted by Gasteiger charge is -2.05. The maximum absolute atomic E-state index is 12.8. The number of benzene rings is 1. The van der Waals surface area contributed by atoms with E-state index in [1.165, 1.54) is 42.3 Å². The molecule has 0 saturated carbocycles. The predicted molar refractivity (Wildman–Crippen MR) is 83.5 cm³/mol. The number of rotatable bonds is 5. The Hall–Kier alpha value is -1.86. The topological polar surface area (TPSA) is 58.2 Å². The van der Waals surface area contributed by atoms with E-state index in [2.05, 4.69) is 10.6 Å². The fourth-order valence-electron chi connectivity index (χ4n) is 1.56. The Bertz CT molecular complexity index is 641. The Morgan fingerprint density at radius 2 is 1.95 bits per heavy atom. The third kappa shape index (κ3) is 4.30. The number of thiophene rings is 1. The largest absolute Gasteiger partial charge is 0.355 e. The number of halogens is 1. The second-order valence-corrected chi connectivity index (χ2v) is 6.00. The summed E-state index contributed by atoms with van der Waals surface area (Å²) in [6.45, 7) is 0. The van der Waals surface area contributed by atoms with Crippen LogP contribution in [0.5, 0.6) is 0 Å². The van der Waals surface area contributed by atoms with Crippen molar-refractivity contribution in [3.8, 4) is 0 Å². The SMILES string of the molecule is CNC(=O)c1ccsc1NC(=O)CSc1ccc(F)cc1. The molecule has 0 aliphatic carbocycles. The molecular weight excluding hydrogens is 311 g/mol. The molecule has 1 aromatic carbocycles. The molecule has 1 heterocycles. The number of thioether (sulfide) groups is 1. The molecule has 0 unspecified atom stereocenters. The van der Waals surface area contributed by atoms with Crippen LogP contribution in [-0.4, -0.2) is 24.6 Å². The molecule has 21 heavy (non-hydrogen) atoms. The van der Waals surface area contributed by atoms with Gasteiger partial charge in [0.25, 0.3) is 5.91 Å². The van der Waals surface area contributed by atoms with Crippen LogP contribution in [0, 0.1) is 5.82 Å². The van der Waals surface area contributed by atoms with Gasteiger partial charge in [-0.1, -0.05) is 0 Å². The van der Waals surface area contributed by atoms with E-state index in [1.807, 2.05) is 0 Å². The second kappa shape index (κ2) is 7.24. The summed E-state index contributed by atoms with van der Waals surface area (Å²) in [5, 5.41) is 7.50. The van der Waals surface area contributed by atoms with Crippen LogP contribution in [0.3, 0.4) is 0 Å². The zero-order valence-corrected chi connectivity index (χ0v) is 12.8. The minimum Gasteiger partial charge on any atom is -0.355 e. The monoisotopic (exact) mass is 324 g/mol. The molecule has 4 nitrogen and oxygen atoms in total. The lowest BCUT2D eigenvalue weighted by Crippen LogP contribution is -2.20. The summed E-state index contributed by atoms with van der Waals surface area (Å²) in [7, 11) is 1.54. The maximum Gasteiger partial charge on any atom is 0.254 e. The first-order valence-electron chi connectivity index (χ1n) is 6.08. The minimum absolute atomic E-state index is 0.191. The van der Waals surface area contributed by atoms with Gasteiger partial charge in [0.15, 0.2) is 0 Å². The molecule has 1 aromatic heterocycles. The van der Waals surface area contributed by atoms with Crippen molar-refractivity contribution >= 4 is 39.9 Å². The van der Waals surface area contributed by atoms with Gasteiger partial charge in [-0.25, -0.2) is 4.39 Å². The summed E-state index contributed by atoms with van der Waals surface area (Å²) >= 11 is 2.60. The molecule has 0 fully saturated rings. The van der Waals surface area contributed by atoms with Gasteiger partial charge in [0.1, 0.15) is 10.8 Å². The number of amides is 2. The van der Waals surface area contributed by atoms with Crippen molar-refractivity contribution in [2.45, 2.75) is 4.90 Å². The van der Waals surface area contributed by atoms with Gasteiger partial charge >= 0.3 is 0 Å². The van der Waals surface area contributed by atoms with Crippen LogP contribution in [0.15, 0.2) is 40.6 Å². The summed E-state index contributed by atoms with van der Waals surface area (Å²) < 4.78 is 12.8. The number of carbonyl (C=O) groups excluding carboxylic acids is 2. The van der Waals surface area contributed by atoms with Gasteiger partial charge in [-0.05, 0) is 35.7 Å². The van der Waals surface area contributed by atoms with Gasteiger partial charge < -0.3 is 10.6 Å². The highest BCUT2D eigenvalue weighted by Crippen LogP contribution is 2.24. The third-order valence-electron chi connectivity index (χ3n) is 2.57. The van der Waals surface area contributed by atoms with Gasteiger partial charge in [-0.15, -0.1) is 23.1 Å². The molecule has 2 aromatic rings. The molecule has 0 aliphatic rings. The number of nitrogens with one attached hydrogen (secondary N) is 2. The smallest absolute Gasteiger partial charge is 0.254 e. The van der Waals surface area contributed by atoms with Crippen molar-refractivity contribution in [3.05, 3.63) is 47.1 Å². The average molecular weight is 324 g/mol. The average Bonchev–Trinajstić information content (AvgIpc) is 2.94. The predicted octanol–water partition coefficient (Wildman–Crippen LogP) is 2.98. The summed E-state index contributed by atoms with van der Waals surface area (Å²) in [6, 6.07) is 7.60. The van der Waals surface area contributed by atoms with Gasteiger partial charge in [-0.3, -0.25) is 9.59 Å². The fraction of sp³-hybridized carbons (Fsp3) is 0.143. The van der Waals surface area contributed by atoms with Crippen LogP contribution >= 0.6 is 23.1 Å². The molecule has 2 amide bonds. The lowest BCUT2D eigenvalue weighted by atomic mass is 10.3. The van der Waals surface area contributed by atoms with E-state index in [4.69, 9.17) is 0 Å². The summed E-state index contributed by atoms with van der Waals surface area (Å²) in [4.78, 5) is 24.3. The first-order chi connectivity index (χ1) is 10.1. The lowest BCUT2D eigenvalue weighted by molar-refractivity contribution is -0.113. The van der Waals surface area contributed by atoms with Crippen molar-refractivity contribution in [1.29, 1.82) is 0 Å². The molecule has 0 saturated heterocycles. The third-order valence-corrected chi connectivity index (χ3v) is 4.42. The molecule has 110 valence electrons. The van der Waals surface area contributed by atoms with Crippen LogP contribution in [0.2, 0.25) is 0 Å². The Balaban J connectivity index is 1.92. The van der Waals surface area contributed by atoms with Gasteiger partial charge in [-0.2, -0.15) is 0 Å². The van der Waals surface area contributed by atoms with Crippen LogP contribution in [0.1, 0.15) is 10.4 Å². The minimum atomic E-state index is -0.308. The summed E-state index contributed by atoms with van der Waals surface area (Å²) in [6.07, 6.45) is 0. The van der Waals surface area contributed by atoms with Gasteiger partial charge in [0.05, 0.1) is 11.3 Å². The van der Waals surface area contributed by atoms with E-state index >= 15 is 0 Å². The first kappa shape index (κ1) is 15.5. The Kier molecular flexibility index (Phi) is 5.35. The van der Waals surface area contributed by atoms with E-state index in [-0.39, 0.29) is 23.4 Å². The number of hydrogen-bond donors (Lipinski definition) is 2. The highest BCUT2D eigenvalue weighted by molar-refractivity contribution is 8.00. The van der Waals surface area contributed by atoms with Gasteiger partial charge in [0.2, 0.25) is 5.91 Å². The van der Waals surface area contributed by atoms with Crippen molar-refractivity contribution in [3.63, 3.8) is 0 Å². The highest BCUT2D eigenvalue weighted by atomic mass is 32.2. The maximum atomic E-state index is 12.8. The molecule has 2 N–H and O–H groups in total. The number of anilines is 1. The van der Waals surface area contributed by atoms with E-state index in [0.717, 1.165) is 4.90 Å². The number of hydrogen-bond acceptors (Lipinski definition) is 4. The van der Waals surface area contributed by atoms with E-state index in [9.17, 15) is 14.0 Å². The summed E-state index contributed by atoms with van der Waals surface area (Å²) in [5.74, 6) is -0.566. The van der Waals surface area contributed by atoms with Crippen LogP contribution in [-0.2, 0) is 4.79 Å². The molecule has 7 heteroatoms. The molecule has 0 radical (unpaired) electrons. The molecule has 0 atom stereocenters. The molecule has 2 rings (SSSR count). The Morgan fingerprint density at radius 1 is 1.24 bits per heavy atom. The quantitative estimate of drug-likeness (QED) is 0.831. The summed E-state index contributed by atoms with van der Waals surface area (Å²) in [5.41, 5.74) is 0.447. The Morgan fingerprint density at radius 3 is 2.62 bits per heavy atom. The zero-order valence-electron chi connectivity index (χ0n) is 11.2. The molecular formula is C14H13FN2O2S2. The van der Waals surface area contributed by atoms with Crippen LogP contribution in [0.25, 0.3) is 0 Å².